The summed E-state index contributed by atoms with van der Waals surface area (Å²) in [6.07, 6.45) is 0. The zero-order valence-electron chi connectivity index (χ0n) is 10.1. The second kappa shape index (κ2) is 5.79. The van der Waals surface area contributed by atoms with Gasteiger partial charge in [0.05, 0.1) is 17.1 Å². The molecule has 0 fully saturated rings. The molecule has 0 amide bonds. The molecule has 0 aliphatic rings. The largest absolute Gasteiger partial charge is 0.358 e. The number of likely N-dealkylation sites (N-methyl/N-ethyl adjacent to an activating group) is 2. The molecule has 0 saturated heterocycles. The minimum Gasteiger partial charge on any atom is -0.358 e. The highest BCUT2D eigenvalue weighted by molar-refractivity contribution is 6.29. The highest BCUT2D eigenvalue weighted by Crippen LogP contribution is 2.22. The van der Waals surface area contributed by atoms with E-state index in [-0.39, 0.29) is 10.8 Å². The summed E-state index contributed by atoms with van der Waals surface area (Å²) < 4.78 is 0. The molecule has 7 heteroatoms. The minimum absolute atomic E-state index is 0.0447. The molecule has 1 heterocycles. The molecule has 0 unspecified atom stereocenters. The molecule has 0 saturated carbocycles. The summed E-state index contributed by atoms with van der Waals surface area (Å²) in [5.41, 5.74) is -0.0447. The molecule has 1 rings (SSSR count). The Morgan fingerprint density at radius 1 is 1.35 bits per heavy atom. The lowest BCUT2D eigenvalue weighted by molar-refractivity contribution is -0.384. The fourth-order valence-corrected chi connectivity index (χ4v) is 1.43. The van der Waals surface area contributed by atoms with Gasteiger partial charge < -0.3 is 9.80 Å². The van der Waals surface area contributed by atoms with E-state index >= 15 is 0 Å². The van der Waals surface area contributed by atoms with Crippen molar-refractivity contribution in [3.05, 3.63) is 27.4 Å². The van der Waals surface area contributed by atoms with Crippen LogP contribution in [0.5, 0.6) is 0 Å². The maximum absolute atomic E-state index is 10.7. The van der Waals surface area contributed by atoms with Gasteiger partial charge in [-0.3, -0.25) is 10.1 Å². The summed E-state index contributed by atoms with van der Waals surface area (Å²) in [4.78, 5) is 18.1. The van der Waals surface area contributed by atoms with Crippen LogP contribution in [0.1, 0.15) is 0 Å². The van der Waals surface area contributed by atoms with Crippen molar-refractivity contribution in [2.75, 3.05) is 39.1 Å². The monoisotopic (exact) mass is 258 g/mol. The van der Waals surface area contributed by atoms with Crippen LogP contribution in [0, 0.1) is 10.1 Å². The predicted molar refractivity (Wildman–Crippen MR) is 67.7 cm³/mol. The van der Waals surface area contributed by atoms with Gasteiger partial charge in [-0.25, -0.2) is 4.98 Å². The van der Waals surface area contributed by atoms with Gasteiger partial charge in [0.1, 0.15) is 11.0 Å². The van der Waals surface area contributed by atoms with Crippen LogP contribution in [-0.2, 0) is 0 Å². The van der Waals surface area contributed by atoms with Crippen molar-refractivity contribution in [1.82, 2.24) is 9.88 Å². The van der Waals surface area contributed by atoms with Crippen molar-refractivity contribution in [3.63, 3.8) is 0 Å². The van der Waals surface area contributed by atoms with Gasteiger partial charge in [-0.05, 0) is 14.1 Å². The fourth-order valence-electron chi connectivity index (χ4n) is 1.24. The van der Waals surface area contributed by atoms with E-state index in [2.05, 4.69) is 4.98 Å². The third kappa shape index (κ3) is 4.16. The first-order valence-electron chi connectivity index (χ1n) is 5.08. The smallest absolute Gasteiger partial charge is 0.276 e. The van der Waals surface area contributed by atoms with Gasteiger partial charge in [-0.1, -0.05) is 11.6 Å². The number of pyridine rings is 1. The van der Waals surface area contributed by atoms with E-state index in [0.717, 1.165) is 13.1 Å². The Kier molecular flexibility index (Phi) is 4.65. The van der Waals surface area contributed by atoms with Crippen LogP contribution in [0.4, 0.5) is 11.5 Å². The number of rotatable bonds is 5. The SMILES string of the molecule is CN(C)CCN(C)c1cc([N+](=O)[O-])cc(Cl)n1. The van der Waals surface area contributed by atoms with Gasteiger partial charge in [-0.15, -0.1) is 0 Å². The maximum Gasteiger partial charge on any atom is 0.276 e. The van der Waals surface area contributed by atoms with Crippen LogP contribution in [0.3, 0.4) is 0 Å². The first-order valence-corrected chi connectivity index (χ1v) is 5.46. The summed E-state index contributed by atoms with van der Waals surface area (Å²) in [5, 5.41) is 10.8. The standard InChI is InChI=1S/C10H15ClN4O2/c1-13(2)4-5-14(3)10-7-8(15(16)17)6-9(11)12-10/h6-7H,4-5H2,1-3H3. The molecule has 1 aromatic heterocycles. The summed E-state index contributed by atoms with van der Waals surface area (Å²) in [6.45, 7) is 1.55. The fraction of sp³-hybridized carbons (Fsp3) is 0.500. The Bertz CT molecular complexity index is 411. The van der Waals surface area contributed by atoms with E-state index in [1.807, 2.05) is 30.9 Å². The topological polar surface area (TPSA) is 62.5 Å². The molecular weight excluding hydrogens is 244 g/mol. The van der Waals surface area contributed by atoms with Crippen molar-refractivity contribution in [3.8, 4) is 0 Å². The molecule has 1 aromatic rings. The Morgan fingerprint density at radius 3 is 2.53 bits per heavy atom. The van der Waals surface area contributed by atoms with E-state index in [0.29, 0.717) is 5.82 Å². The van der Waals surface area contributed by atoms with Crippen molar-refractivity contribution < 1.29 is 4.92 Å². The molecule has 0 radical (unpaired) electrons. The number of halogens is 1. The number of hydrogen-bond acceptors (Lipinski definition) is 5. The average molecular weight is 259 g/mol. The molecule has 17 heavy (non-hydrogen) atoms. The average Bonchev–Trinajstić information content (AvgIpc) is 2.24. The Labute approximate surface area is 105 Å². The Hall–Kier alpha value is -1.40. The molecule has 94 valence electrons. The first kappa shape index (κ1) is 13.7. The van der Waals surface area contributed by atoms with Gasteiger partial charge in [0, 0.05) is 20.1 Å². The lowest BCUT2D eigenvalue weighted by Crippen LogP contribution is -2.29. The molecule has 0 spiro atoms. The summed E-state index contributed by atoms with van der Waals surface area (Å²) in [6, 6.07) is 2.66. The van der Waals surface area contributed by atoms with Gasteiger partial charge in [-0.2, -0.15) is 0 Å². The number of aromatic nitrogens is 1. The molecule has 0 aliphatic carbocycles. The summed E-state index contributed by atoms with van der Waals surface area (Å²) >= 11 is 5.75. The summed E-state index contributed by atoms with van der Waals surface area (Å²) in [7, 11) is 5.75. The van der Waals surface area contributed by atoms with Crippen LogP contribution in [-0.4, -0.2) is 49.0 Å². The molecule has 0 aromatic carbocycles. The minimum atomic E-state index is -0.475. The first-order chi connectivity index (χ1) is 7.90. The third-order valence-electron chi connectivity index (χ3n) is 2.25. The number of hydrogen-bond donors (Lipinski definition) is 0. The molecule has 6 nitrogen and oxygen atoms in total. The highest BCUT2D eigenvalue weighted by Gasteiger charge is 2.12. The quantitative estimate of drug-likeness (QED) is 0.456. The molecule has 0 bridgehead atoms. The lowest BCUT2D eigenvalue weighted by atomic mass is 10.3. The molecule has 0 aliphatic heterocycles. The normalized spacial score (nSPS) is 10.6. The summed E-state index contributed by atoms with van der Waals surface area (Å²) in [5.74, 6) is 0.506. The molecular formula is C10H15ClN4O2. The van der Waals surface area contributed by atoms with Crippen molar-refractivity contribution in [2.45, 2.75) is 0 Å². The second-order valence-corrected chi connectivity index (χ2v) is 4.38. The number of anilines is 1. The van der Waals surface area contributed by atoms with Crippen molar-refractivity contribution >= 4 is 23.1 Å². The Balaban J connectivity index is 2.86. The zero-order chi connectivity index (χ0) is 13.0. The van der Waals surface area contributed by atoms with Crippen LogP contribution in [0.25, 0.3) is 0 Å². The number of nitrogens with zero attached hydrogens (tertiary/aromatic N) is 4. The molecule has 0 atom stereocenters. The van der Waals surface area contributed by atoms with Crippen LogP contribution >= 0.6 is 11.6 Å². The highest BCUT2D eigenvalue weighted by atomic mass is 35.5. The Morgan fingerprint density at radius 2 is 2.00 bits per heavy atom. The van der Waals surface area contributed by atoms with Gasteiger partial charge in [0.25, 0.3) is 5.69 Å². The van der Waals surface area contributed by atoms with E-state index in [4.69, 9.17) is 11.6 Å². The maximum atomic E-state index is 10.7. The van der Waals surface area contributed by atoms with Crippen molar-refractivity contribution in [2.24, 2.45) is 0 Å². The van der Waals surface area contributed by atoms with Gasteiger partial charge in [0.2, 0.25) is 0 Å². The van der Waals surface area contributed by atoms with E-state index in [9.17, 15) is 10.1 Å². The van der Waals surface area contributed by atoms with E-state index < -0.39 is 4.92 Å². The van der Waals surface area contributed by atoms with E-state index in [1.165, 1.54) is 12.1 Å². The number of nitro groups is 1. The van der Waals surface area contributed by atoms with Gasteiger partial charge >= 0.3 is 0 Å². The van der Waals surface area contributed by atoms with Crippen LogP contribution in [0.2, 0.25) is 5.15 Å². The third-order valence-corrected chi connectivity index (χ3v) is 2.44. The zero-order valence-corrected chi connectivity index (χ0v) is 10.8. The molecule has 0 N–H and O–H groups in total. The second-order valence-electron chi connectivity index (χ2n) is 3.99. The van der Waals surface area contributed by atoms with Crippen LogP contribution in [0.15, 0.2) is 12.1 Å². The predicted octanol–water partition coefficient (Wildman–Crippen LogP) is 1.64. The van der Waals surface area contributed by atoms with E-state index in [1.54, 1.807) is 0 Å². The van der Waals surface area contributed by atoms with Crippen molar-refractivity contribution in [1.29, 1.82) is 0 Å². The van der Waals surface area contributed by atoms with Crippen LogP contribution < -0.4 is 4.90 Å². The lowest BCUT2D eigenvalue weighted by Gasteiger charge is -2.20. The van der Waals surface area contributed by atoms with Gasteiger partial charge in [0.15, 0.2) is 0 Å².